The summed E-state index contributed by atoms with van der Waals surface area (Å²) in [6.45, 7) is 7.79. The summed E-state index contributed by atoms with van der Waals surface area (Å²) in [6.07, 6.45) is 7.52. The molecule has 0 spiro atoms. The zero-order valence-corrected chi connectivity index (χ0v) is 24.8. The van der Waals surface area contributed by atoms with Crippen LogP contribution in [0.3, 0.4) is 0 Å². The van der Waals surface area contributed by atoms with Crippen LogP contribution < -0.4 is 9.46 Å². The summed E-state index contributed by atoms with van der Waals surface area (Å²) in [5.41, 5.74) is 1.20. The van der Waals surface area contributed by atoms with Gasteiger partial charge in [0.15, 0.2) is 17.9 Å². The Labute approximate surface area is 242 Å². The Balaban J connectivity index is 0.00000274. The van der Waals surface area contributed by atoms with Crippen LogP contribution in [0.25, 0.3) is 0 Å². The second-order valence-electron chi connectivity index (χ2n) is 9.35. The Morgan fingerprint density at radius 3 is 2.58 bits per heavy atom. The molecule has 8 nitrogen and oxygen atoms in total. The van der Waals surface area contributed by atoms with Crippen molar-refractivity contribution in [2.24, 2.45) is 10.9 Å². The summed E-state index contributed by atoms with van der Waals surface area (Å²) >= 11 is 1.28. The molecular formula is C29H38BFN6O2S. The Morgan fingerprint density at radius 2 is 1.95 bits per heavy atom. The van der Waals surface area contributed by atoms with Gasteiger partial charge in [0, 0.05) is 43.8 Å². The van der Waals surface area contributed by atoms with Gasteiger partial charge in [-0.15, -0.1) is 0 Å². The average Bonchev–Trinajstić information content (AvgIpc) is 3.00. The fourth-order valence-corrected chi connectivity index (χ4v) is 4.71. The molecule has 0 aliphatic carbocycles. The van der Waals surface area contributed by atoms with E-state index in [4.69, 9.17) is 10.00 Å². The third-order valence-electron chi connectivity index (χ3n) is 6.64. The number of aldehydes is 1. The minimum atomic E-state index is -0.682. The molecule has 1 N–H and O–H groups in total. The van der Waals surface area contributed by atoms with Crippen LogP contribution in [-0.4, -0.2) is 55.7 Å². The highest BCUT2D eigenvalue weighted by Gasteiger charge is 2.24. The molecule has 3 rings (SSSR count). The van der Waals surface area contributed by atoms with Gasteiger partial charge < -0.3 is 14.4 Å². The number of nitrogens with one attached hydrogen (secondary N) is 1. The fourth-order valence-electron chi connectivity index (χ4n) is 4.16. The summed E-state index contributed by atoms with van der Waals surface area (Å²) < 4.78 is 25.4. The fraction of sp³-hybridized carbons (Fsp3) is 0.448. The highest BCUT2D eigenvalue weighted by molar-refractivity contribution is 7.98. The van der Waals surface area contributed by atoms with Gasteiger partial charge in [0.2, 0.25) is 0 Å². The Morgan fingerprint density at radius 1 is 1.23 bits per heavy atom. The number of carbonyl (C=O) groups excluding carboxylic acids is 1. The second kappa shape index (κ2) is 17.2. The molecule has 0 atom stereocenters. The zero-order chi connectivity index (χ0) is 29.5. The molecule has 2 aromatic carbocycles. The number of nitrogens with zero attached hydrogens (tertiary/aromatic N) is 5. The zero-order valence-electron chi connectivity index (χ0n) is 24.0. The number of anilines is 1. The maximum atomic E-state index is 14.6. The smallest absolute Gasteiger partial charge is 0.267 e. The van der Waals surface area contributed by atoms with E-state index in [0.717, 1.165) is 45.0 Å². The van der Waals surface area contributed by atoms with Crippen LogP contribution >= 0.6 is 12.1 Å². The lowest BCUT2D eigenvalue weighted by Gasteiger charge is -2.24. The van der Waals surface area contributed by atoms with Gasteiger partial charge in [-0.1, -0.05) is 46.3 Å². The summed E-state index contributed by atoms with van der Waals surface area (Å²) in [6, 6.07) is 9.43. The number of nitriles is 2. The van der Waals surface area contributed by atoms with E-state index in [1.54, 1.807) is 18.5 Å². The van der Waals surface area contributed by atoms with Gasteiger partial charge in [-0.3, -0.25) is 4.79 Å². The van der Waals surface area contributed by atoms with Crippen LogP contribution in [0.15, 0.2) is 35.3 Å². The van der Waals surface area contributed by atoms with Crippen molar-refractivity contribution < 1.29 is 13.9 Å². The predicted molar refractivity (Wildman–Crippen MR) is 163 cm³/mol. The minimum Gasteiger partial charge on any atom is -0.453 e. The lowest BCUT2D eigenvalue weighted by molar-refractivity contribution is 0.112. The first kappa shape index (κ1) is 32.7. The first-order valence-corrected chi connectivity index (χ1v) is 14.4. The lowest BCUT2D eigenvalue weighted by Crippen LogP contribution is -2.24. The molecule has 0 radical (unpaired) electrons. The first-order chi connectivity index (χ1) is 19.4. The van der Waals surface area contributed by atoms with Crippen molar-refractivity contribution in [3.8, 4) is 23.5 Å². The molecule has 1 aliphatic heterocycles. The third kappa shape index (κ3) is 9.58. The molecule has 1 saturated heterocycles. The summed E-state index contributed by atoms with van der Waals surface area (Å²) in [5.74, 6) is 2.32. The van der Waals surface area contributed by atoms with Gasteiger partial charge in [0.1, 0.15) is 17.4 Å². The lowest BCUT2D eigenvalue weighted by atomic mass is 9.41. The summed E-state index contributed by atoms with van der Waals surface area (Å²) in [7, 11) is 3.82. The highest BCUT2D eigenvalue weighted by atomic mass is 32.2. The molecule has 11 heteroatoms. The molecule has 40 heavy (non-hydrogen) atoms. The number of hydrogen-bond donors (Lipinski definition) is 1. The molecule has 212 valence electrons. The number of benzene rings is 2. The average molecular weight is 565 g/mol. The van der Waals surface area contributed by atoms with E-state index in [1.807, 2.05) is 50.1 Å². The number of rotatable bonds is 12. The number of hydrogen-bond acceptors (Lipinski definition) is 8. The topological polar surface area (TPSA) is 105 Å². The van der Waals surface area contributed by atoms with E-state index in [1.165, 1.54) is 30.3 Å². The minimum absolute atomic E-state index is 0.0273. The van der Waals surface area contributed by atoms with Gasteiger partial charge in [0.25, 0.3) is 6.71 Å². The monoisotopic (exact) mass is 564 g/mol. The van der Waals surface area contributed by atoms with E-state index < -0.39 is 5.82 Å². The number of ether oxygens (including phenoxy) is 1. The number of halogens is 1. The third-order valence-corrected chi connectivity index (χ3v) is 7.52. The highest BCUT2D eigenvalue weighted by Crippen LogP contribution is 2.35. The van der Waals surface area contributed by atoms with Crippen LogP contribution in [0.5, 0.6) is 11.5 Å². The van der Waals surface area contributed by atoms with Crippen molar-refractivity contribution in [1.29, 1.82) is 10.5 Å². The summed E-state index contributed by atoms with van der Waals surface area (Å²) in [4.78, 5) is 18.2. The van der Waals surface area contributed by atoms with Crippen molar-refractivity contribution in [2.45, 2.75) is 52.7 Å². The van der Waals surface area contributed by atoms with Crippen LogP contribution in [0.1, 0.15) is 56.0 Å². The largest absolute Gasteiger partial charge is 0.453 e. The molecule has 1 aliphatic rings. The van der Waals surface area contributed by atoms with E-state index in [9.17, 15) is 14.4 Å². The van der Waals surface area contributed by atoms with Gasteiger partial charge in [-0.2, -0.15) is 5.26 Å². The van der Waals surface area contributed by atoms with Gasteiger partial charge >= 0.3 is 0 Å². The Hall–Kier alpha value is -3.54. The van der Waals surface area contributed by atoms with E-state index in [0.29, 0.717) is 23.6 Å². The number of carbonyl (C=O) groups is 1. The maximum absolute atomic E-state index is 14.6. The van der Waals surface area contributed by atoms with Crippen LogP contribution in [-0.2, 0) is 0 Å². The normalized spacial score (nSPS) is 13.3. The van der Waals surface area contributed by atoms with Crippen molar-refractivity contribution in [3.05, 3.63) is 47.3 Å². The molecule has 2 aromatic rings. The van der Waals surface area contributed by atoms with Gasteiger partial charge in [-0.05, 0) is 49.7 Å². The Bertz CT molecular complexity index is 1220. The first-order valence-electron chi connectivity index (χ1n) is 13.7. The molecule has 1 fully saturated rings. The molecule has 0 aromatic heterocycles. The predicted octanol–water partition coefficient (Wildman–Crippen LogP) is 7.20. The molecule has 1 heterocycles. The molecule has 0 bridgehead atoms. The van der Waals surface area contributed by atoms with Gasteiger partial charge in [0.05, 0.1) is 17.7 Å². The van der Waals surface area contributed by atoms with Crippen molar-refractivity contribution in [2.75, 3.05) is 31.9 Å². The van der Waals surface area contributed by atoms with E-state index in [-0.39, 0.29) is 29.3 Å². The van der Waals surface area contributed by atoms with Crippen LogP contribution in [0, 0.1) is 34.3 Å². The quantitative estimate of drug-likeness (QED) is 0.0949. The van der Waals surface area contributed by atoms with Crippen molar-refractivity contribution in [1.82, 2.24) is 9.21 Å². The molecule has 0 saturated carbocycles. The number of aliphatic imine (C=N–C) groups is 1. The SMILES string of the molecule is CC.CCN(C)SNc1ccc(F)c(Oc2ccc(N=CN(C)CCC3CCB(C#N)CC3)c(C=O)c2)c1C#N. The van der Waals surface area contributed by atoms with Crippen LogP contribution in [0.2, 0.25) is 12.6 Å². The van der Waals surface area contributed by atoms with Gasteiger partial charge in [-0.25, -0.2) is 18.9 Å². The van der Waals surface area contributed by atoms with E-state index >= 15 is 0 Å². The maximum Gasteiger partial charge on any atom is 0.267 e. The molecule has 0 amide bonds. The van der Waals surface area contributed by atoms with Crippen molar-refractivity contribution >= 4 is 42.8 Å². The van der Waals surface area contributed by atoms with Crippen molar-refractivity contribution in [3.63, 3.8) is 0 Å². The summed E-state index contributed by atoms with van der Waals surface area (Å²) in [5, 5.41) is 18.7. The van der Waals surface area contributed by atoms with E-state index in [2.05, 4.69) is 15.7 Å². The van der Waals surface area contributed by atoms with Crippen LogP contribution in [0.4, 0.5) is 15.8 Å². The second-order valence-corrected chi connectivity index (χ2v) is 10.4. The molecule has 0 unspecified atom stereocenters. The standard InChI is InChI=1S/C27H32BFN6O2S.C2H6/c1-4-35(3)38-33-26-8-6-24(29)27(23(26)16-30)37-22-5-7-25(21(15-22)17-36)32-19-34(2)14-11-20-9-12-28(18-31)13-10-20;1-2/h5-8,15,17,19-20,33H,4,9-14H2,1-3H3;1-2H3. The molecular weight excluding hydrogens is 526 g/mol. The Kier molecular flexibility index (Phi) is 14.1.